The Hall–Kier alpha value is -1.30. The number of amides is 2. The molecule has 0 radical (unpaired) electrons. The number of nitrogens with one attached hydrogen (secondary N) is 2. The van der Waals surface area contributed by atoms with Crippen LogP contribution in [0.4, 0.5) is 5.69 Å². The molecule has 2 amide bonds. The summed E-state index contributed by atoms with van der Waals surface area (Å²) in [5.41, 5.74) is 6.11. The molecule has 1 rings (SSSR count). The van der Waals surface area contributed by atoms with E-state index in [2.05, 4.69) is 10.6 Å². The Bertz CT molecular complexity index is 528. The molecule has 124 valence electrons. The first-order valence-electron chi connectivity index (χ1n) is 6.80. The molecule has 0 bridgehead atoms. The van der Waals surface area contributed by atoms with Gasteiger partial charge in [0.2, 0.25) is 5.91 Å². The Kier molecular flexibility index (Phi) is 8.45. The summed E-state index contributed by atoms with van der Waals surface area (Å²) < 4.78 is 0. The number of halogens is 2. The quantitative estimate of drug-likeness (QED) is 0.765. The highest BCUT2D eigenvalue weighted by atomic mass is 35.5. The number of hydrogen-bond donors (Lipinski definition) is 3. The van der Waals surface area contributed by atoms with E-state index in [9.17, 15) is 9.59 Å². The maximum absolute atomic E-state index is 11.9. The Morgan fingerprint density at radius 3 is 2.45 bits per heavy atom. The number of nitrogens with two attached hydrogens (primary N) is 1. The van der Waals surface area contributed by atoms with Gasteiger partial charge in [-0.3, -0.25) is 9.59 Å². The van der Waals surface area contributed by atoms with Gasteiger partial charge in [0, 0.05) is 25.2 Å². The fraction of sp³-hybridized carbons (Fsp3) is 0.467. The minimum atomic E-state index is -0.308. The summed E-state index contributed by atoms with van der Waals surface area (Å²) >= 11 is 6.01. The molecule has 1 aromatic carbocycles. The van der Waals surface area contributed by atoms with Crippen LogP contribution in [0.3, 0.4) is 0 Å². The first kappa shape index (κ1) is 20.7. The van der Waals surface area contributed by atoms with Crippen molar-refractivity contribution in [2.24, 2.45) is 11.1 Å². The smallest absolute Gasteiger partial charge is 0.252 e. The summed E-state index contributed by atoms with van der Waals surface area (Å²) in [6.07, 6.45) is 0.393. The monoisotopic (exact) mass is 347 g/mol. The number of rotatable bonds is 5. The van der Waals surface area contributed by atoms with E-state index in [0.29, 0.717) is 35.8 Å². The van der Waals surface area contributed by atoms with Crippen LogP contribution in [0.5, 0.6) is 0 Å². The number of anilines is 1. The zero-order valence-electron chi connectivity index (χ0n) is 13.0. The first-order valence-corrected chi connectivity index (χ1v) is 7.18. The van der Waals surface area contributed by atoms with Crippen molar-refractivity contribution in [3.8, 4) is 0 Å². The maximum atomic E-state index is 11.9. The largest absolute Gasteiger partial charge is 0.351 e. The summed E-state index contributed by atoms with van der Waals surface area (Å²) in [5, 5.41) is 5.75. The van der Waals surface area contributed by atoms with Crippen molar-refractivity contribution in [1.82, 2.24) is 5.32 Å². The number of benzene rings is 1. The first-order chi connectivity index (χ1) is 9.73. The number of carbonyl (C=O) groups excluding carboxylic acids is 2. The van der Waals surface area contributed by atoms with Crippen LogP contribution in [0.2, 0.25) is 5.02 Å². The molecule has 0 aliphatic heterocycles. The predicted molar refractivity (Wildman–Crippen MR) is 92.8 cm³/mol. The topological polar surface area (TPSA) is 84.2 Å². The highest BCUT2D eigenvalue weighted by Crippen LogP contribution is 2.23. The molecule has 0 fully saturated rings. The summed E-state index contributed by atoms with van der Waals surface area (Å²) in [6, 6.07) is 4.82. The Labute approximate surface area is 142 Å². The van der Waals surface area contributed by atoms with E-state index >= 15 is 0 Å². The molecule has 0 aromatic heterocycles. The van der Waals surface area contributed by atoms with Gasteiger partial charge in [0.25, 0.3) is 5.91 Å². The predicted octanol–water partition coefficient (Wildman–Crippen LogP) is 2.83. The highest BCUT2D eigenvalue weighted by molar-refractivity contribution is 6.34. The van der Waals surface area contributed by atoms with Crippen molar-refractivity contribution in [1.29, 1.82) is 0 Å². The molecule has 22 heavy (non-hydrogen) atoms. The van der Waals surface area contributed by atoms with E-state index in [1.807, 2.05) is 20.8 Å². The molecule has 0 saturated heterocycles. The average Bonchev–Trinajstić information content (AvgIpc) is 2.36. The van der Waals surface area contributed by atoms with Crippen molar-refractivity contribution in [2.45, 2.75) is 27.2 Å². The van der Waals surface area contributed by atoms with Crippen LogP contribution in [0, 0.1) is 5.41 Å². The molecule has 5 nitrogen and oxygen atoms in total. The third-order valence-corrected chi connectivity index (χ3v) is 2.95. The van der Waals surface area contributed by atoms with E-state index < -0.39 is 0 Å². The van der Waals surface area contributed by atoms with Crippen molar-refractivity contribution < 1.29 is 9.59 Å². The summed E-state index contributed by atoms with van der Waals surface area (Å²) in [7, 11) is 0. The maximum Gasteiger partial charge on any atom is 0.252 e. The Morgan fingerprint density at radius 1 is 1.27 bits per heavy atom. The molecule has 0 aliphatic rings. The van der Waals surface area contributed by atoms with Gasteiger partial charge in [-0.15, -0.1) is 12.4 Å². The standard InChI is InChI=1S/C15H22ClN3O2.ClH/c1-15(2,3)9-13(20)19-10-4-5-12(16)11(8-10)14(21)18-7-6-17;/h4-5,8H,6-7,9,17H2,1-3H3,(H,18,21)(H,19,20);1H. The minimum absolute atomic E-state index is 0. The van der Waals surface area contributed by atoms with Gasteiger partial charge in [0.15, 0.2) is 0 Å². The summed E-state index contributed by atoms with van der Waals surface area (Å²) in [6.45, 7) is 6.68. The second-order valence-corrected chi connectivity index (χ2v) is 6.43. The van der Waals surface area contributed by atoms with Crippen molar-refractivity contribution in [3.63, 3.8) is 0 Å². The molecule has 0 atom stereocenters. The lowest BCUT2D eigenvalue weighted by molar-refractivity contribution is -0.117. The van der Waals surface area contributed by atoms with Crippen LogP contribution in [0.1, 0.15) is 37.6 Å². The van der Waals surface area contributed by atoms with Crippen LogP contribution in [-0.2, 0) is 4.79 Å². The molecule has 0 spiro atoms. The van der Waals surface area contributed by atoms with Gasteiger partial charge in [-0.2, -0.15) is 0 Å². The number of carbonyl (C=O) groups is 2. The second kappa shape index (κ2) is 8.98. The lowest BCUT2D eigenvalue weighted by Gasteiger charge is -2.17. The number of hydrogen-bond acceptors (Lipinski definition) is 3. The van der Waals surface area contributed by atoms with Gasteiger partial charge < -0.3 is 16.4 Å². The molecule has 7 heteroatoms. The normalized spacial score (nSPS) is 10.6. The van der Waals surface area contributed by atoms with E-state index in [4.69, 9.17) is 17.3 Å². The Balaban J connectivity index is 0.00000441. The van der Waals surface area contributed by atoms with Crippen LogP contribution in [-0.4, -0.2) is 24.9 Å². The third kappa shape index (κ3) is 7.11. The lowest BCUT2D eigenvalue weighted by Crippen LogP contribution is -2.29. The Morgan fingerprint density at radius 2 is 1.91 bits per heavy atom. The molecular formula is C15H23Cl2N3O2. The van der Waals surface area contributed by atoms with E-state index in [-0.39, 0.29) is 29.6 Å². The lowest BCUT2D eigenvalue weighted by atomic mass is 9.92. The van der Waals surface area contributed by atoms with Gasteiger partial charge in [0.1, 0.15) is 0 Å². The van der Waals surface area contributed by atoms with Gasteiger partial charge in [-0.25, -0.2) is 0 Å². The fourth-order valence-corrected chi connectivity index (χ4v) is 1.95. The van der Waals surface area contributed by atoms with Gasteiger partial charge in [-0.05, 0) is 23.6 Å². The van der Waals surface area contributed by atoms with Crippen LogP contribution >= 0.6 is 24.0 Å². The summed E-state index contributed by atoms with van der Waals surface area (Å²) in [4.78, 5) is 23.8. The zero-order chi connectivity index (χ0) is 16.0. The van der Waals surface area contributed by atoms with Gasteiger partial charge in [0.05, 0.1) is 10.6 Å². The van der Waals surface area contributed by atoms with Crippen LogP contribution in [0.25, 0.3) is 0 Å². The van der Waals surface area contributed by atoms with E-state index in [1.165, 1.54) is 0 Å². The highest BCUT2D eigenvalue weighted by Gasteiger charge is 2.17. The molecule has 0 saturated carbocycles. The molecular weight excluding hydrogens is 325 g/mol. The second-order valence-electron chi connectivity index (χ2n) is 6.02. The third-order valence-electron chi connectivity index (χ3n) is 2.62. The average molecular weight is 348 g/mol. The van der Waals surface area contributed by atoms with Gasteiger partial charge in [-0.1, -0.05) is 32.4 Å². The summed E-state index contributed by atoms with van der Waals surface area (Å²) in [5.74, 6) is -0.407. The van der Waals surface area contributed by atoms with Crippen LogP contribution < -0.4 is 16.4 Å². The van der Waals surface area contributed by atoms with E-state index in [1.54, 1.807) is 18.2 Å². The zero-order valence-corrected chi connectivity index (χ0v) is 14.6. The van der Waals surface area contributed by atoms with Gasteiger partial charge >= 0.3 is 0 Å². The van der Waals surface area contributed by atoms with Crippen molar-refractivity contribution in [2.75, 3.05) is 18.4 Å². The van der Waals surface area contributed by atoms with Crippen molar-refractivity contribution in [3.05, 3.63) is 28.8 Å². The van der Waals surface area contributed by atoms with Crippen molar-refractivity contribution >= 4 is 41.5 Å². The minimum Gasteiger partial charge on any atom is -0.351 e. The SMILES string of the molecule is CC(C)(C)CC(=O)Nc1ccc(Cl)c(C(=O)NCCN)c1.Cl. The molecule has 4 N–H and O–H groups in total. The van der Waals surface area contributed by atoms with Crippen LogP contribution in [0.15, 0.2) is 18.2 Å². The van der Waals surface area contributed by atoms with E-state index in [0.717, 1.165) is 0 Å². The molecule has 0 aliphatic carbocycles. The fourth-order valence-electron chi connectivity index (χ4n) is 1.74. The molecule has 1 aromatic rings. The molecule has 0 heterocycles. The molecule has 0 unspecified atom stereocenters.